The van der Waals surface area contributed by atoms with Crippen LogP contribution < -0.4 is 0 Å². The number of rotatable bonds is 4. The maximum atomic E-state index is 11.0. The molecule has 0 aromatic rings. The minimum atomic E-state index is -3.21. The van der Waals surface area contributed by atoms with Crippen LogP contribution in [0.4, 0.5) is 9.59 Å². The highest BCUT2D eigenvalue weighted by molar-refractivity contribution is 7.55. The van der Waals surface area contributed by atoms with Gasteiger partial charge in [0.1, 0.15) is 0 Å². The molecule has 0 aromatic carbocycles. The molecule has 0 saturated carbocycles. The molecule has 0 amide bonds. The summed E-state index contributed by atoms with van der Waals surface area (Å²) in [7, 11) is 13.6. The van der Waals surface area contributed by atoms with Crippen molar-refractivity contribution < 1.29 is 37.8 Å². The van der Waals surface area contributed by atoms with Gasteiger partial charge in [-0.2, -0.15) is 0 Å². The normalized spacial score (nSPS) is 9.00. The second kappa shape index (κ2) is 13.4. The molecule has 102 valence electrons. The Hall–Kier alpha value is -1.05. The Kier molecular flexibility index (Phi) is 16.3. The van der Waals surface area contributed by atoms with E-state index in [0.29, 0.717) is 0 Å². The van der Waals surface area contributed by atoms with Crippen LogP contribution in [-0.4, -0.2) is 73.6 Å². The molecule has 0 spiro atoms. The lowest BCUT2D eigenvalue weighted by Gasteiger charge is -2.10. The summed E-state index contributed by atoms with van der Waals surface area (Å²) in [6.45, 7) is 0. The standard InChI is InChI=1S/C4H8BO4P.C2H3BO2.CHBO2/c1-8-10(7,9-2)3-4(5)6;1-5-2(3)4;2-1(3)4/h3H2,1-2H3;1H3;(H,3,4). The molecule has 6 radical (unpaired) electrons. The Morgan fingerprint density at radius 1 is 1.05 bits per heavy atom. The molecule has 0 rings (SSSR count). The van der Waals surface area contributed by atoms with E-state index in [9.17, 15) is 14.2 Å². The van der Waals surface area contributed by atoms with Crippen molar-refractivity contribution in [1.29, 1.82) is 0 Å². The Bertz CT molecular complexity index is 322. The van der Waals surface area contributed by atoms with Crippen molar-refractivity contribution in [2.24, 2.45) is 0 Å². The molecule has 0 unspecified atom stereocenters. The van der Waals surface area contributed by atoms with Crippen LogP contribution in [0.3, 0.4) is 0 Å². The van der Waals surface area contributed by atoms with Crippen LogP contribution in [0.2, 0.25) is 0 Å². The van der Waals surface area contributed by atoms with Crippen molar-refractivity contribution >= 4 is 48.6 Å². The Morgan fingerprint density at radius 3 is 1.37 bits per heavy atom. The first kappa shape index (κ1) is 23.1. The Balaban J connectivity index is -0.000000238. The zero-order valence-electron chi connectivity index (χ0n) is 10.7. The van der Waals surface area contributed by atoms with Gasteiger partial charge in [0, 0.05) is 14.2 Å². The van der Waals surface area contributed by atoms with E-state index in [-0.39, 0.29) is 6.16 Å². The van der Waals surface area contributed by atoms with Gasteiger partial charge in [-0.3, -0.25) is 14.2 Å². The molecule has 1 N–H and O–H groups in total. The molecule has 19 heavy (non-hydrogen) atoms. The first-order chi connectivity index (χ1) is 8.54. The van der Waals surface area contributed by atoms with Crippen LogP contribution in [0, 0.1) is 0 Å². The van der Waals surface area contributed by atoms with Crippen molar-refractivity contribution in [1.82, 2.24) is 0 Å². The highest BCUT2D eigenvalue weighted by Gasteiger charge is 2.22. The molecule has 0 atom stereocenters. The smallest absolute Gasteiger partial charge is 0.336 e. The quantitative estimate of drug-likeness (QED) is 0.564. The van der Waals surface area contributed by atoms with Crippen LogP contribution in [0.1, 0.15) is 0 Å². The van der Waals surface area contributed by atoms with Gasteiger partial charge in [0.25, 0.3) is 0 Å². The van der Waals surface area contributed by atoms with E-state index in [1.54, 1.807) is 0 Å². The average molecular weight is 288 g/mol. The number of hydrogen-bond acceptors (Lipinski definition) is 7. The van der Waals surface area contributed by atoms with Crippen molar-refractivity contribution in [3.63, 3.8) is 0 Å². The third-order valence-corrected chi connectivity index (χ3v) is 2.92. The minimum Gasteiger partial charge on any atom is -0.490 e. The van der Waals surface area contributed by atoms with E-state index < -0.39 is 25.0 Å². The van der Waals surface area contributed by atoms with E-state index in [2.05, 4.69) is 29.5 Å². The summed E-state index contributed by atoms with van der Waals surface area (Å²) in [6, 6.07) is 0. The van der Waals surface area contributed by atoms with Crippen LogP contribution in [-0.2, 0) is 23.1 Å². The Morgan fingerprint density at radius 2 is 1.32 bits per heavy atom. The molecule has 12 heteroatoms. The molecular weight excluding hydrogens is 275 g/mol. The van der Waals surface area contributed by atoms with Crippen LogP contribution in [0.5, 0.6) is 0 Å². The van der Waals surface area contributed by atoms with Gasteiger partial charge in [0.2, 0.25) is 27.4 Å². The van der Waals surface area contributed by atoms with Crippen molar-refractivity contribution in [2.45, 2.75) is 0 Å². The van der Waals surface area contributed by atoms with E-state index >= 15 is 0 Å². The summed E-state index contributed by atoms with van der Waals surface area (Å²) in [4.78, 5) is 28.4. The highest BCUT2D eigenvalue weighted by Crippen LogP contribution is 2.45. The molecule has 0 saturated heterocycles. The predicted octanol–water partition coefficient (Wildman–Crippen LogP) is -0.0784. The van der Waals surface area contributed by atoms with Gasteiger partial charge in [-0.25, -0.2) is 0 Å². The molecular formula is C7H12B3O8P. The SMILES string of the molecule is [B]C(=O)CP(=O)(OC)OC.[B]C(=O)O.[B]C(=O)OC. The third-order valence-electron chi connectivity index (χ3n) is 1.11. The molecule has 8 nitrogen and oxygen atoms in total. The van der Waals surface area contributed by atoms with Gasteiger partial charge < -0.3 is 23.7 Å². The fourth-order valence-electron chi connectivity index (χ4n) is 0.394. The molecule has 0 aliphatic carbocycles. The van der Waals surface area contributed by atoms with E-state index in [1.807, 2.05) is 0 Å². The molecule has 0 fully saturated rings. The molecule has 0 aliphatic heterocycles. The maximum absolute atomic E-state index is 11.0. The zero-order valence-corrected chi connectivity index (χ0v) is 11.6. The van der Waals surface area contributed by atoms with Crippen molar-refractivity contribution in [3.05, 3.63) is 0 Å². The van der Waals surface area contributed by atoms with Gasteiger partial charge in [0.05, 0.1) is 19.0 Å². The second-order valence-electron chi connectivity index (χ2n) is 2.46. The number of carboxylic acid groups (broad SMARTS) is 1. The van der Waals surface area contributed by atoms with Crippen LogP contribution >= 0.6 is 7.60 Å². The minimum absolute atomic E-state index is 0.375. The number of methoxy groups -OCH3 is 1. The second-order valence-corrected chi connectivity index (χ2v) is 4.73. The summed E-state index contributed by atoms with van der Waals surface area (Å²) in [5, 5.41) is 7.19. The summed E-state index contributed by atoms with van der Waals surface area (Å²) >= 11 is 0. The summed E-state index contributed by atoms with van der Waals surface area (Å²) in [6.07, 6.45) is -0.375. The van der Waals surface area contributed by atoms with Crippen molar-refractivity contribution in [2.75, 3.05) is 27.5 Å². The fourth-order valence-corrected chi connectivity index (χ4v) is 1.18. The number of ether oxygens (including phenoxy) is 1. The lowest BCUT2D eigenvalue weighted by molar-refractivity contribution is -0.109. The highest BCUT2D eigenvalue weighted by atomic mass is 31.2. The number of carbonyl (C=O) groups is 3. The fraction of sp³-hybridized carbons (Fsp3) is 0.571. The third kappa shape index (κ3) is 26.5. The zero-order chi connectivity index (χ0) is 16.1. The topological polar surface area (TPSA) is 116 Å². The van der Waals surface area contributed by atoms with Crippen LogP contribution in [0.25, 0.3) is 0 Å². The van der Waals surface area contributed by atoms with Gasteiger partial charge in [-0.1, -0.05) is 0 Å². The summed E-state index contributed by atoms with van der Waals surface area (Å²) in [5.41, 5.74) is -0.702. The molecule has 0 bridgehead atoms. The predicted molar refractivity (Wildman–Crippen MR) is 69.2 cm³/mol. The average Bonchev–Trinajstić information content (AvgIpc) is 2.28. The first-order valence-corrected chi connectivity index (χ1v) is 6.08. The van der Waals surface area contributed by atoms with Gasteiger partial charge in [-0.15, -0.1) is 0 Å². The number of hydrogen-bond donors (Lipinski definition) is 1. The van der Waals surface area contributed by atoms with E-state index in [0.717, 1.165) is 0 Å². The first-order valence-electron chi connectivity index (χ1n) is 4.35. The molecule has 0 aromatic heterocycles. The van der Waals surface area contributed by atoms with Gasteiger partial charge in [0.15, 0.2) is 7.85 Å². The van der Waals surface area contributed by atoms with E-state index in [4.69, 9.17) is 17.7 Å². The summed E-state index contributed by atoms with van der Waals surface area (Å²) < 4.78 is 23.8. The maximum Gasteiger partial charge on any atom is 0.336 e. The molecule has 0 aliphatic rings. The number of carbonyl (C=O) groups excluding carboxylic acids is 2. The lowest BCUT2D eigenvalue weighted by atomic mass is 10.1. The van der Waals surface area contributed by atoms with Gasteiger partial charge in [-0.05, 0) is 0 Å². The van der Waals surface area contributed by atoms with Crippen LogP contribution in [0.15, 0.2) is 0 Å². The lowest BCUT2D eigenvalue weighted by Crippen LogP contribution is -2.06. The summed E-state index contributed by atoms with van der Waals surface area (Å²) in [5.74, 6) is -2.08. The largest absolute Gasteiger partial charge is 0.490 e. The van der Waals surface area contributed by atoms with E-state index in [1.165, 1.54) is 21.3 Å². The molecule has 0 heterocycles. The van der Waals surface area contributed by atoms with Crippen molar-refractivity contribution in [3.8, 4) is 0 Å². The monoisotopic (exact) mass is 288 g/mol. The Labute approximate surface area is 114 Å². The van der Waals surface area contributed by atoms with Gasteiger partial charge >= 0.3 is 7.60 Å².